The molecule has 0 spiro atoms. The van der Waals surface area contributed by atoms with Crippen LogP contribution in [0.5, 0.6) is 0 Å². The van der Waals surface area contributed by atoms with Gasteiger partial charge in [0.05, 0.1) is 6.04 Å². The number of amides is 1. The molecule has 0 bridgehead atoms. The van der Waals surface area contributed by atoms with Crippen molar-refractivity contribution >= 4 is 28.5 Å². The number of halogens is 1. The molecule has 2 rings (SSSR count). The molecule has 1 heterocycles. The van der Waals surface area contributed by atoms with Gasteiger partial charge in [-0.05, 0) is 53.1 Å². The summed E-state index contributed by atoms with van der Waals surface area (Å²) >= 11 is 2.33. The Kier molecular flexibility index (Phi) is 2.76. The van der Waals surface area contributed by atoms with Gasteiger partial charge in [-0.25, -0.2) is 0 Å². The maximum atomic E-state index is 11.1. The van der Waals surface area contributed by atoms with Crippen LogP contribution in [0, 0.1) is 10.5 Å². The van der Waals surface area contributed by atoms with Gasteiger partial charge in [0.1, 0.15) is 0 Å². The van der Waals surface area contributed by atoms with Crippen molar-refractivity contribution in [3.05, 3.63) is 32.9 Å². The van der Waals surface area contributed by atoms with Crippen LogP contribution in [0.2, 0.25) is 0 Å². The topological polar surface area (TPSA) is 29.1 Å². The highest BCUT2D eigenvalue weighted by atomic mass is 127. The van der Waals surface area contributed by atoms with Gasteiger partial charge < -0.3 is 5.32 Å². The molecule has 0 aromatic heterocycles. The lowest BCUT2D eigenvalue weighted by atomic mass is 10.0. The molecule has 3 heteroatoms. The molecule has 74 valence electrons. The van der Waals surface area contributed by atoms with E-state index in [4.69, 9.17) is 0 Å². The second kappa shape index (κ2) is 3.88. The van der Waals surface area contributed by atoms with Gasteiger partial charge in [-0.1, -0.05) is 12.1 Å². The number of benzene rings is 1. The molecule has 0 saturated carbocycles. The first-order chi connectivity index (χ1) is 6.68. The molecule has 1 amide bonds. The molecule has 14 heavy (non-hydrogen) atoms. The van der Waals surface area contributed by atoms with Crippen molar-refractivity contribution in [2.75, 3.05) is 0 Å². The van der Waals surface area contributed by atoms with E-state index in [-0.39, 0.29) is 11.9 Å². The first kappa shape index (κ1) is 9.96. The van der Waals surface area contributed by atoms with E-state index in [0.717, 1.165) is 6.42 Å². The molecule has 0 radical (unpaired) electrons. The zero-order valence-corrected chi connectivity index (χ0v) is 10.2. The highest BCUT2D eigenvalue weighted by Gasteiger charge is 2.23. The lowest BCUT2D eigenvalue weighted by molar-refractivity contribution is -0.119. The molecular formula is C11H12INO. The SMILES string of the molecule is Cc1c(I)cccc1[C@@H]1CCC(=O)N1. The third kappa shape index (κ3) is 1.78. The molecular weight excluding hydrogens is 289 g/mol. The third-order valence-electron chi connectivity index (χ3n) is 2.68. The molecule has 0 aliphatic carbocycles. The van der Waals surface area contributed by atoms with Gasteiger partial charge in [0, 0.05) is 9.99 Å². The highest BCUT2D eigenvalue weighted by molar-refractivity contribution is 14.1. The number of hydrogen-bond acceptors (Lipinski definition) is 1. The lowest BCUT2D eigenvalue weighted by Gasteiger charge is -2.14. The van der Waals surface area contributed by atoms with Gasteiger partial charge in [0.2, 0.25) is 5.91 Å². The fourth-order valence-electron chi connectivity index (χ4n) is 1.85. The van der Waals surface area contributed by atoms with Crippen molar-refractivity contribution < 1.29 is 4.79 Å². The predicted octanol–water partition coefficient (Wildman–Crippen LogP) is 2.55. The Labute approximate surface area is 97.2 Å². The van der Waals surface area contributed by atoms with Gasteiger partial charge in [0.15, 0.2) is 0 Å². The van der Waals surface area contributed by atoms with Gasteiger partial charge in [0.25, 0.3) is 0 Å². The molecule has 1 saturated heterocycles. The van der Waals surface area contributed by atoms with Crippen LogP contribution in [-0.2, 0) is 4.79 Å². The molecule has 2 nitrogen and oxygen atoms in total. The second-order valence-electron chi connectivity index (χ2n) is 3.61. The lowest BCUT2D eigenvalue weighted by Crippen LogP contribution is -2.19. The summed E-state index contributed by atoms with van der Waals surface area (Å²) in [6.07, 6.45) is 1.59. The highest BCUT2D eigenvalue weighted by Crippen LogP contribution is 2.28. The van der Waals surface area contributed by atoms with E-state index in [0.29, 0.717) is 6.42 Å². The largest absolute Gasteiger partial charge is 0.349 e. The Morgan fingerprint density at radius 2 is 2.29 bits per heavy atom. The third-order valence-corrected chi connectivity index (χ3v) is 3.85. The minimum Gasteiger partial charge on any atom is -0.349 e. The van der Waals surface area contributed by atoms with Crippen molar-refractivity contribution in [3.63, 3.8) is 0 Å². The van der Waals surface area contributed by atoms with Crippen LogP contribution in [0.3, 0.4) is 0 Å². The maximum absolute atomic E-state index is 11.1. The standard InChI is InChI=1S/C11H12INO/c1-7-8(3-2-4-9(7)12)10-5-6-11(14)13-10/h2-4,10H,5-6H2,1H3,(H,13,14)/t10-/m0/s1. The van der Waals surface area contributed by atoms with Crippen molar-refractivity contribution in [1.29, 1.82) is 0 Å². The summed E-state index contributed by atoms with van der Waals surface area (Å²) in [5.41, 5.74) is 2.56. The van der Waals surface area contributed by atoms with Gasteiger partial charge in [-0.3, -0.25) is 4.79 Å². The van der Waals surface area contributed by atoms with E-state index >= 15 is 0 Å². The first-order valence-electron chi connectivity index (χ1n) is 4.73. The fraction of sp³-hybridized carbons (Fsp3) is 0.364. The Morgan fingerprint density at radius 1 is 1.50 bits per heavy atom. The molecule has 1 fully saturated rings. The van der Waals surface area contributed by atoms with Crippen molar-refractivity contribution in [2.24, 2.45) is 0 Å². The van der Waals surface area contributed by atoms with Crippen LogP contribution in [0.15, 0.2) is 18.2 Å². The van der Waals surface area contributed by atoms with Crippen molar-refractivity contribution in [2.45, 2.75) is 25.8 Å². The fourth-order valence-corrected chi connectivity index (χ4v) is 2.37. The molecule has 0 unspecified atom stereocenters. The van der Waals surface area contributed by atoms with E-state index in [1.165, 1.54) is 14.7 Å². The number of carbonyl (C=O) groups is 1. The Bertz CT molecular complexity index is 376. The zero-order chi connectivity index (χ0) is 10.1. The average Bonchev–Trinajstić information content (AvgIpc) is 2.57. The quantitative estimate of drug-likeness (QED) is 0.794. The summed E-state index contributed by atoms with van der Waals surface area (Å²) in [6.45, 7) is 2.11. The van der Waals surface area contributed by atoms with Crippen LogP contribution in [0.25, 0.3) is 0 Å². The minimum atomic E-state index is 0.174. The van der Waals surface area contributed by atoms with Crippen LogP contribution in [0.1, 0.15) is 30.0 Å². The number of hydrogen-bond donors (Lipinski definition) is 1. The van der Waals surface area contributed by atoms with Gasteiger partial charge in [-0.15, -0.1) is 0 Å². The average molecular weight is 301 g/mol. The summed E-state index contributed by atoms with van der Waals surface area (Å²) in [5, 5.41) is 3.00. The summed E-state index contributed by atoms with van der Waals surface area (Å²) < 4.78 is 1.27. The van der Waals surface area contributed by atoms with E-state index in [2.05, 4.69) is 53.0 Å². The monoisotopic (exact) mass is 301 g/mol. The normalized spacial score (nSPS) is 21.0. The molecule has 1 aromatic carbocycles. The van der Waals surface area contributed by atoms with Crippen LogP contribution in [-0.4, -0.2) is 5.91 Å². The Hall–Kier alpha value is -0.580. The number of nitrogens with one attached hydrogen (secondary N) is 1. The van der Waals surface area contributed by atoms with E-state index in [9.17, 15) is 4.79 Å². The summed E-state index contributed by atoms with van der Waals surface area (Å²) in [4.78, 5) is 11.1. The minimum absolute atomic E-state index is 0.174. The molecule has 1 aliphatic heterocycles. The van der Waals surface area contributed by atoms with Crippen LogP contribution < -0.4 is 5.32 Å². The van der Waals surface area contributed by atoms with Crippen molar-refractivity contribution in [3.8, 4) is 0 Å². The van der Waals surface area contributed by atoms with Crippen molar-refractivity contribution in [1.82, 2.24) is 5.32 Å². The Balaban J connectivity index is 2.32. The smallest absolute Gasteiger partial charge is 0.220 e. The van der Waals surface area contributed by atoms with Gasteiger partial charge >= 0.3 is 0 Å². The summed E-state index contributed by atoms with van der Waals surface area (Å²) in [6, 6.07) is 6.48. The molecule has 1 N–H and O–H groups in total. The molecule has 1 atom stereocenters. The molecule has 1 aromatic rings. The number of rotatable bonds is 1. The van der Waals surface area contributed by atoms with E-state index < -0.39 is 0 Å². The maximum Gasteiger partial charge on any atom is 0.220 e. The predicted molar refractivity (Wildman–Crippen MR) is 64.0 cm³/mol. The summed E-state index contributed by atoms with van der Waals surface area (Å²) in [5.74, 6) is 0.174. The first-order valence-corrected chi connectivity index (χ1v) is 5.81. The summed E-state index contributed by atoms with van der Waals surface area (Å²) in [7, 11) is 0. The molecule has 1 aliphatic rings. The zero-order valence-electron chi connectivity index (χ0n) is 8.01. The van der Waals surface area contributed by atoms with E-state index in [1.54, 1.807) is 0 Å². The van der Waals surface area contributed by atoms with Gasteiger partial charge in [-0.2, -0.15) is 0 Å². The number of carbonyl (C=O) groups excluding carboxylic acids is 1. The van der Waals surface area contributed by atoms with Crippen LogP contribution in [0.4, 0.5) is 0 Å². The Morgan fingerprint density at radius 3 is 2.93 bits per heavy atom. The van der Waals surface area contributed by atoms with Crippen LogP contribution >= 0.6 is 22.6 Å². The van der Waals surface area contributed by atoms with E-state index in [1.807, 2.05) is 0 Å². The second-order valence-corrected chi connectivity index (χ2v) is 4.78.